The molecule has 2 N–H and O–H groups in total. The van der Waals surface area contributed by atoms with Crippen molar-refractivity contribution in [1.82, 2.24) is 5.32 Å². The summed E-state index contributed by atoms with van der Waals surface area (Å²) in [5, 5.41) is 11.1. The van der Waals surface area contributed by atoms with E-state index in [2.05, 4.69) is 5.32 Å². The fourth-order valence-electron chi connectivity index (χ4n) is 0.818. The maximum absolute atomic E-state index is 10.8. The highest BCUT2D eigenvalue weighted by atomic mass is 32.9. The van der Waals surface area contributed by atoms with E-state index in [1.165, 1.54) is 25.6 Å². The molecule has 0 bridgehead atoms. The number of nitrogens with one attached hydrogen (secondary N) is 1. The van der Waals surface area contributed by atoms with Gasteiger partial charge in [0.05, 0.1) is 5.75 Å². The van der Waals surface area contributed by atoms with Gasteiger partial charge in [-0.15, -0.1) is 0 Å². The van der Waals surface area contributed by atoms with Crippen molar-refractivity contribution < 1.29 is 18.9 Å². The van der Waals surface area contributed by atoms with Gasteiger partial charge in [0.2, 0.25) is 11.6 Å². The molecular formula is C11H18NO4PS2. The number of phenolic OH excluding ortho intramolecular Hbond substituents is 1. The summed E-state index contributed by atoms with van der Waals surface area (Å²) in [6, 6.07) is 8.71. The van der Waals surface area contributed by atoms with Crippen LogP contribution < -0.4 is 5.32 Å². The average Bonchev–Trinajstić information content (AvgIpc) is 2.46. The summed E-state index contributed by atoms with van der Waals surface area (Å²) < 4.78 is 9.94. The first kappa shape index (κ1) is 18.4. The van der Waals surface area contributed by atoms with Gasteiger partial charge in [0.15, 0.2) is 0 Å². The Balaban J connectivity index is 0.000000388. The maximum atomic E-state index is 10.8. The third-order valence-electron chi connectivity index (χ3n) is 1.84. The van der Waals surface area contributed by atoms with Crippen LogP contribution in [0.3, 0.4) is 0 Å². The molecule has 0 heterocycles. The largest absolute Gasteiger partial charge is 0.508 e. The summed E-state index contributed by atoms with van der Waals surface area (Å²) in [7, 11) is 4.55. The van der Waals surface area contributed by atoms with E-state index in [1.54, 1.807) is 31.3 Å². The van der Waals surface area contributed by atoms with Gasteiger partial charge in [-0.1, -0.05) is 29.6 Å². The molecule has 8 heteroatoms. The molecule has 19 heavy (non-hydrogen) atoms. The Morgan fingerprint density at radius 2 is 1.89 bits per heavy atom. The molecule has 108 valence electrons. The third kappa shape index (κ3) is 9.02. The molecule has 1 aromatic carbocycles. The lowest BCUT2D eigenvalue weighted by molar-refractivity contribution is -0.118. The van der Waals surface area contributed by atoms with E-state index in [1.807, 2.05) is 6.07 Å². The summed E-state index contributed by atoms with van der Waals surface area (Å²) >= 11 is 6.25. The molecule has 0 aliphatic carbocycles. The second-order valence-corrected chi connectivity index (χ2v) is 9.62. The second-order valence-electron chi connectivity index (χ2n) is 3.09. The minimum absolute atomic E-state index is 0.0803. The van der Waals surface area contributed by atoms with E-state index in [9.17, 15) is 4.79 Å². The lowest BCUT2D eigenvalue weighted by Crippen LogP contribution is -2.19. The molecule has 0 saturated heterocycles. The fourth-order valence-corrected chi connectivity index (χ4v) is 3.53. The second kappa shape index (κ2) is 10.2. The molecular weight excluding hydrogens is 305 g/mol. The highest BCUT2D eigenvalue weighted by molar-refractivity contribution is 8.68. The number of benzene rings is 1. The monoisotopic (exact) mass is 323 g/mol. The van der Waals surface area contributed by atoms with Crippen molar-refractivity contribution >= 4 is 34.8 Å². The summed E-state index contributed by atoms with van der Waals surface area (Å²) in [4.78, 5) is 10.8. The lowest BCUT2D eigenvalue weighted by atomic mass is 10.3. The summed E-state index contributed by atoms with van der Waals surface area (Å²) in [5.74, 6) is 0.515. The van der Waals surface area contributed by atoms with Gasteiger partial charge in [0.1, 0.15) is 5.75 Å². The predicted molar refractivity (Wildman–Crippen MR) is 82.9 cm³/mol. The Morgan fingerprint density at radius 3 is 2.21 bits per heavy atom. The van der Waals surface area contributed by atoms with Crippen LogP contribution in [-0.4, -0.2) is 38.0 Å². The van der Waals surface area contributed by atoms with Crippen molar-refractivity contribution in [3.05, 3.63) is 30.3 Å². The van der Waals surface area contributed by atoms with Gasteiger partial charge in [-0.25, -0.2) is 0 Å². The lowest BCUT2D eigenvalue weighted by Gasteiger charge is -2.15. The molecule has 0 aliphatic heterocycles. The van der Waals surface area contributed by atoms with Crippen LogP contribution in [-0.2, 0) is 25.6 Å². The van der Waals surface area contributed by atoms with Crippen LogP contribution in [0.1, 0.15) is 0 Å². The van der Waals surface area contributed by atoms with Gasteiger partial charge in [-0.3, -0.25) is 4.79 Å². The Morgan fingerprint density at radius 1 is 1.37 bits per heavy atom. The standard InChI is InChI=1S/C6H6O.C5H12NO3PS2/c7-6-4-2-1-3-5-6;1-6-5(7)4-12-10(11,8-2)9-3/h1-5,7H;4H2,1-3H3,(H,6,7). The van der Waals surface area contributed by atoms with Crippen LogP contribution in [0.2, 0.25) is 0 Å². The molecule has 1 aromatic rings. The predicted octanol–water partition coefficient (Wildman–Crippen LogP) is 2.38. The van der Waals surface area contributed by atoms with E-state index >= 15 is 0 Å². The zero-order chi connectivity index (χ0) is 14.7. The number of aromatic hydroxyl groups is 1. The van der Waals surface area contributed by atoms with E-state index in [4.69, 9.17) is 26.0 Å². The van der Waals surface area contributed by atoms with E-state index in [0.29, 0.717) is 5.75 Å². The summed E-state index contributed by atoms with van der Waals surface area (Å²) in [6.45, 7) is 0. The zero-order valence-corrected chi connectivity index (χ0v) is 13.6. The first-order valence-corrected chi connectivity index (χ1v) is 9.51. The first-order valence-electron chi connectivity index (χ1n) is 5.28. The van der Waals surface area contributed by atoms with Crippen molar-refractivity contribution in [3.8, 4) is 5.75 Å². The molecule has 0 saturated carbocycles. The number of phenols is 1. The van der Waals surface area contributed by atoms with Gasteiger partial charge < -0.3 is 19.5 Å². The zero-order valence-electron chi connectivity index (χ0n) is 11.0. The highest BCUT2D eigenvalue weighted by Crippen LogP contribution is 2.59. The Kier molecular flexibility index (Phi) is 9.91. The average molecular weight is 323 g/mol. The summed E-state index contributed by atoms with van der Waals surface area (Å²) in [5.41, 5.74) is -2.26. The molecule has 5 nitrogen and oxygen atoms in total. The van der Waals surface area contributed by atoms with Crippen LogP contribution in [0.15, 0.2) is 30.3 Å². The Bertz CT molecular complexity index is 408. The van der Waals surface area contributed by atoms with Crippen LogP contribution in [0, 0.1) is 0 Å². The highest BCUT2D eigenvalue weighted by Gasteiger charge is 2.17. The van der Waals surface area contributed by atoms with Crippen molar-refractivity contribution in [3.63, 3.8) is 0 Å². The minimum Gasteiger partial charge on any atom is -0.508 e. The van der Waals surface area contributed by atoms with Gasteiger partial charge in [-0.2, -0.15) is 0 Å². The van der Waals surface area contributed by atoms with Crippen LogP contribution in [0.5, 0.6) is 5.75 Å². The molecule has 0 aromatic heterocycles. The third-order valence-corrected chi connectivity index (χ3v) is 7.51. The van der Waals surface area contributed by atoms with Gasteiger partial charge in [0.25, 0.3) is 0 Å². The number of hydrogen-bond donors (Lipinski definition) is 2. The molecule has 0 radical (unpaired) electrons. The Hall–Kier alpha value is -0.590. The SMILES string of the molecule is CNC(=O)CSP(=S)(OC)OC.Oc1ccccc1. The van der Waals surface area contributed by atoms with Crippen molar-refractivity contribution in [2.24, 2.45) is 0 Å². The first-order chi connectivity index (χ1) is 8.97. The topological polar surface area (TPSA) is 67.8 Å². The van der Waals surface area contributed by atoms with E-state index in [-0.39, 0.29) is 11.7 Å². The fraction of sp³-hybridized carbons (Fsp3) is 0.364. The molecule has 0 aliphatic rings. The maximum Gasteiger partial charge on any atom is 0.247 e. The van der Waals surface area contributed by atoms with Crippen LogP contribution >= 0.6 is 17.1 Å². The molecule has 1 amide bonds. The summed E-state index contributed by atoms with van der Waals surface area (Å²) in [6.07, 6.45) is 0. The minimum atomic E-state index is -2.26. The van der Waals surface area contributed by atoms with Gasteiger partial charge in [0, 0.05) is 21.3 Å². The van der Waals surface area contributed by atoms with Crippen LogP contribution in [0.25, 0.3) is 0 Å². The van der Waals surface area contributed by atoms with Crippen molar-refractivity contribution in [1.29, 1.82) is 0 Å². The smallest absolute Gasteiger partial charge is 0.247 e. The van der Waals surface area contributed by atoms with Gasteiger partial charge in [-0.05, 0) is 23.9 Å². The Labute approximate surface area is 122 Å². The number of amides is 1. The molecule has 0 spiro atoms. The van der Waals surface area contributed by atoms with Crippen molar-refractivity contribution in [2.45, 2.75) is 0 Å². The molecule has 0 atom stereocenters. The number of rotatable bonds is 5. The number of para-hydroxylation sites is 1. The molecule has 0 fully saturated rings. The number of carbonyl (C=O) groups is 1. The van der Waals surface area contributed by atoms with Gasteiger partial charge >= 0.3 is 0 Å². The molecule has 1 rings (SSSR count). The number of carbonyl (C=O) groups excluding carboxylic acids is 1. The van der Waals surface area contributed by atoms with E-state index < -0.39 is 5.69 Å². The normalized spacial score (nSPS) is 10.3. The van der Waals surface area contributed by atoms with E-state index in [0.717, 1.165) is 0 Å². The van der Waals surface area contributed by atoms with Crippen molar-refractivity contribution in [2.75, 3.05) is 27.0 Å². The quantitative estimate of drug-likeness (QED) is 0.811. The number of hydrogen-bond acceptors (Lipinski definition) is 6. The van der Waals surface area contributed by atoms with Crippen LogP contribution in [0.4, 0.5) is 0 Å². The molecule has 0 unspecified atom stereocenters.